The SMILES string of the molecule is COc1ccccc1CCC(=O)N1CCN(CC=Cc2ccccc2)CC1. The van der Waals surface area contributed by atoms with Gasteiger partial charge in [0, 0.05) is 39.1 Å². The zero-order valence-corrected chi connectivity index (χ0v) is 16.0. The van der Waals surface area contributed by atoms with Crippen LogP contribution in [0.4, 0.5) is 0 Å². The second-order valence-electron chi connectivity index (χ2n) is 6.81. The van der Waals surface area contributed by atoms with Crippen molar-refractivity contribution in [1.82, 2.24) is 9.80 Å². The minimum absolute atomic E-state index is 0.236. The van der Waals surface area contributed by atoms with Crippen molar-refractivity contribution in [2.45, 2.75) is 12.8 Å². The first-order chi connectivity index (χ1) is 13.3. The molecule has 4 nitrogen and oxygen atoms in total. The van der Waals surface area contributed by atoms with E-state index in [2.05, 4.69) is 41.3 Å². The number of rotatable bonds is 7. The van der Waals surface area contributed by atoms with Crippen molar-refractivity contribution in [1.29, 1.82) is 0 Å². The first kappa shape index (κ1) is 19.2. The summed E-state index contributed by atoms with van der Waals surface area (Å²) >= 11 is 0. The predicted octanol–water partition coefficient (Wildman–Crippen LogP) is 3.49. The molecule has 1 fully saturated rings. The van der Waals surface area contributed by atoms with Crippen molar-refractivity contribution >= 4 is 12.0 Å². The number of aryl methyl sites for hydroxylation is 1. The van der Waals surface area contributed by atoms with Gasteiger partial charge in [0.05, 0.1) is 7.11 Å². The van der Waals surface area contributed by atoms with Crippen LogP contribution < -0.4 is 4.74 Å². The molecule has 1 saturated heterocycles. The quantitative estimate of drug-likeness (QED) is 0.754. The van der Waals surface area contributed by atoms with Crippen LogP contribution >= 0.6 is 0 Å². The van der Waals surface area contributed by atoms with Gasteiger partial charge in [0.2, 0.25) is 5.91 Å². The minimum atomic E-state index is 0.236. The fourth-order valence-corrected chi connectivity index (χ4v) is 3.39. The number of nitrogens with zero attached hydrogens (tertiary/aromatic N) is 2. The van der Waals surface area contributed by atoms with Gasteiger partial charge in [0.1, 0.15) is 5.75 Å². The molecule has 142 valence electrons. The van der Waals surface area contributed by atoms with Gasteiger partial charge in [0.25, 0.3) is 0 Å². The van der Waals surface area contributed by atoms with Gasteiger partial charge in [-0.05, 0) is 23.6 Å². The average Bonchev–Trinajstić information content (AvgIpc) is 2.73. The Labute approximate surface area is 162 Å². The van der Waals surface area contributed by atoms with Crippen LogP contribution in [0, 0.1) is 0 Å². The number of methoxy groups -OCH3 is 1. The van der Waals surface area contributed by atoms with Gasteiger partial charge in [-0.25, -0.2) is 0 Å². The van der Waals surface area contributed by atoms with Crippen LogP contribution in [0.1, 0.15) is 17.5 Å². The molecular formula is C23H28N2O2. The van der Waals surface area contributed by atoms with Crippen LogP contribution in [0.3, 0.4) is 0 Å². The van der Waals surface area contributed by atoms with Crippen molar-refractivity contribution in [2.24, 2.45) is 0 Å². The number of carbonyl (C=O) groups is 1. The highest BCUT2D eigenvalue weighted by molar-refractivity contribution is 5.76. The summed E-state index contributed by atoms with van der Waals surface area (Å²) in [5.74, 6) is 1.10. The summed E-state index contributed by atoms with van der Waals surface area (Å²) in [6.07, 6.45) is 5.62. The second kappa shape index (κ2) is 9.93. The molecule has 1 amide bonds. The molecule has 0 aliphatic carbocycles. The lowest BCUT2D eigenvalue weighted by molar-refractivity contribution is -0.132. The molecule has 0 radical (unpaired) electrons. The Morgan fingerprint density at radius 3 is 2.44 bits per heavy atom. The van der Waals surface area contributed by atoms with Gasteiger partial charge in [-0.2, -0.15) is 0 Å². The lowest BCUT2D eigenvalue weighted by atomic mass is 10.1. The van der Waals surface area contributed by atoms with E-state index in [0.717, 1.165) is 50.5 Å². The first-order valence-corrected chi connectivity index (χ1v) is 9.60. The summed E-state index contributed by atoms with van der Waals surface area (Å²) < 4.78 is 5.37. The molecule has 0 atom stereocenters. The maximum Gasteiger partial charge on any atom is 0.222 e. The maximum absolute atomic E-state index is 12.5. The highest BCUT2D eigenvalue weighted by Gasteiger charge is 2.20. The van der Waals surface area contributed by atoms with Gasteiger partial charge in [-0.3, -0.25) is 9.69 Å². The summed E-state index contributed by atoms with van der Waals surface area (Å²) in [7, 11) is 1.67. The molecule has 2 aromatic carbocycles. The van der Waals surface area contributed by atoms with Crippen LogP contribution in [0.15, 0.2) is 60.7 Å². The molecule has 2 aromatic rings. The summed E-state index contributed by atoms with van der Waals surface area (Å²) in [4.78, 5) is 16.9. The van der Waals surface area contributed by atoms with E-state index in [4.69, 9.17) is 4.74 Å². The Morgan fingerprint density at radius 2 is 1.70 bits per heavy atom. The highest BCUT2D eigenvalue weighted by Crippen LogP contribution is 2.19. The molecule has 0 N–H and O–H groups in total. The Morgan fingerprint density at radius 1 is 1.00 bits per heavy atom. The van der Waals surface area contributed by atoms with Crippen LogP contribution in [-0.2, 0) is 11.2 Å². The fourth-order valence-electron chi connectivity index (χ4n) is 3.39. The number of para-hydroxylation sites is 1. The van der Waals surface area contributed by atoms with Crippen LogP contribution in [-0.4, -0.2) is 55.5 Å². The number of ether oxygens (including phenoxy) is 1. The number of piperazine rings is 1. The standard InChI is InChI=1S/C23H28N2O2/c1-27-22-12-6-5-11-21(22)13-14-23(26)25-18-16-24(17-19-25)15-7-10-20-8-3-2-4-9-20/h2-12H,13-19H2,1H3. The molecule has 0 unspecified atom stereocenters. The third-order valence-corrected chi connectivity index (χ3v) is 5.00. The van der Waals surface area contributed by atoms with E-state index >= 15 is 0 Å². The Kier molecular flexibility index (Phi) is 7.05. The Bertz CT molecular complexity index is 750. The highest BCUT2D eigenvalue weighted by atomic mass is 16.5. The zero-order chi connectivity index (χ0) is 18.9. The molecule has 1 aliphatic heterocycles. The second-order valence-corrected chi connectivity index (χ2v) is 6.81. The van der Waals surface area contributed by atoms with E-state index < -0.39 is 0 Å². The number of benzene rings is 2. The van der Waals surface area contributed by atoms with Crippen molar-refractivity contribution in [3.8, 4) is 5.75 Å². The summed E-state index contributed by atoms with van der Waals surface area (Å²) in [6, 6.07) is 18.3. The van der Waals surface area contributed by atoms with Gasteiger partial charge in [-0.1, -0.05) is 60.7 Å². The van der Waals surface area contributed by atoms with Gasteiger partial charge >= 0.3 is 0 Å². The molecule has 1 aliphatic rings. The monoisotopic (exact) mass is 364 g/mol. The maximum atomic E-state index is 12.5. The number of hydrogen-bond donors (Lipinski definition) is 0. The Hall–Kier alpha value is -2.59. The van der Waals surface area contributed by atoms with Crippen molar-refractivity contribution < 1.29 is 9.53 Å². The molecule has 0 saturated carbocycles. The molecule has 0 spiro atoms. The van der Waals surface area contributed by atoms with E-state index in [1.165, 1.54) is 5.56 Å². The summed E-state index contributed by atoms with van der Waals surface area (Å²) in [5, 5.41) is 0. The van der Waals surface area contributed by atoms with Gasteiger partial charge in [-0.15, -0.1) is 0 Å². The van der Waals surface area contributed by atoms with E-state index in [0.29, 0.717) is 6.42 Å². The Balaban J connectivity index is 1.40. The number of carbonyl (C=O) groups excluding carboxylic acids is 1. The van der Waals surface area contributed by atoms with Crippen LogP contribution in [0.5, 0.6) is 5.75 Å². The fraction of sp³-hybridized carbons (Fsp3) is 0.348. The van der Waals surface area contributed by atoms with Crippen molar-refractivity contribution in [3.63, 3.8) is 0 Å². The predicted molar refractivity (Wildman–Crippen MR) is 110 cm³/mol. The smallest absolute Gasteiger partial charge is 0.222 e. The van der Waals surface area contributed by atoms with Crippen molar-refractivity contribution in [3.05, 3.63) is 71.8 Å². The number of hydrogen-bond acceptors (Lipinski definition) is 3. The topological polar surface area (TPSA) is 32.8 Å². The normalized spacial score (nSPS) is 15.2. The third-order valence-electron chi connectivity index (χ3n) is 5.00. The van der Waals surface area contributed by atoms with Crippen molar-refractivity contribution in [2.75, 3.05) is 39.8 Å². The van der Waals surface area contributed by atoms with E-state index in [-0.39, 0.29) is 5.91 Å². The van der Waals surface area contributed by atoms with E-state index in [9.17, 15) is 4.79 Å². The van der Waals surface area contributed by atoms with Crippen LogP contribution in [0.25, 0.3) is 6.08 Å². The van der Waals surface area contributed by atoms with E-state index in [1.54, 1.807) is 7.11 Å². The molecule has 1 heterocycles. The van der Waals surface area contributed by atoms with Gasteiger partial charge in [0.15, 0.2) is 0 Å². The lowest BCUT2D eigenvalue weighted by Gasteiger charge is -2.34. The molecule has 0 bridgehead atoms. The lowest BCUT2D eigenvalue weighted by Crippen LogP contribution is -2.48. The molecule has 0 aromatic heterocycles. The number of amides is 1. The average molecular weight is 364 g/mol. The first-order valence-electron chi connectivity index (χ1n) is 9.60. The largest absolute Gasteiger partial charge is 0.496 e. The van der Waals surface area contributed by atoms with Gasteiger partial charge < -0.3 is 9.64 Å². The summed E-state index contributed by atoms with van der Waals surface area (Å²) in [6.45, 7) is 4.41. The molecule has 3 rings (SSSR count). The summed E-state index contributed by atoms with van der Waals surface area (Å²) in [5.41, 5.74) is 2.32. The van der Waals surface area contributed by atoms with E-state index in [1.807, 2.05) is 35.2 Å². The minimum Gasteiger partial charge on any atom is -0.496 e. The molecular weight excluding hydrogens is 336 g/mol. The third kappa shape index (κ3) is 5.69. The zero-order valence-electron chi connectivity index (χ0n) is 16.0. The van der Waals surface area contributed by atoms with Crippen LogP contribution in [0.2, 0.25) is 0 Å². The molecule has 27 heavy (non-hydrogen) atoms. The molecule has 4 heteroatoms.